The molecule has 2 aliphatic heterocycles. The van der Waals surface area contributed by atoms with Crippen LogP contribution in [-0.4, -0.2) is 74.4 Å². The van der Waals surface area contributed by atoms with E-state index in [1.165, 1.54) is 52.0 Å². The Morgan fingerprint density at radius 3 is 2.32 bits per heavy atom. The molecule has 0 aromatic carbocycles. The number of likely N-dealkylation sites (N-methyl/N-ethyl adjacent to an activating group) is 1. The molecule has 2 saturated heterocycles. The molecule has 0 amide bonds. The molecule has 2 heterocycles. The first-order valence-corrected chi connectivity index (χ1v) is 7.93. The smallest absolute Gasteiger partial charge is 0.0565 e. The lowest BCUT2D eigenvalue weighted by molar-refractivity contribution is -0.0420. The molecule has 1 N–H and O–H groups in total. The summed E-state index contributed by atoms with van der Waals surface area (Å²) in [5.74, 6) is 0. The van der Waals surface area contributed by atoms with Crippen molar-refractivity contribution in [3.8, 4) is 0 Å². The van der Waals surface area contributed by atoms with Gasteiger partial charge < -0.3 is 19.9 Å². The second-order valence-electron chi connectivity index (χ2n) is 6.38. The molecule has 4 heteroatoms. The second-order valence-corrected chi connectivity index (χ2v) is 6.38. The molecule has 4 nitrogen and oxygen atoms in total. The average Bonchev–Trinajstić information content (AvgIpc) is 2.36. The zero-order valence-electron chi connectivity index (χ0n) is 12.9. The molecule has 0 bridgehead atoms. The fourth-order valence-corrected chi connectivity index (χ4v) is 3.25. The highest BCUT2D eigenvalue weighted by Crippen LogP contribution is 2.18. The predicted octanol–water partition coefficient (Wildman–Crippen LogP) is 1.17. The number of piperazine rings is 1. The summed E-state index contributed by atoms with van der Waals surface area (Å²) in [6.07, 6.45) is 4.43. The summed E-state index contributed by atoms with van der Waals surface area (Å²) in [6.45, 7) is 11.7. The first-order chi connectivity index (χ1) is 9.13. The first kappa shape index (κ1) is 15.2. The quantitative estimate of drug-likeness (QED) is 0.758. The lowest BCUT2D eigenvalue weighted by Gasteiger charge is -2.34. The van der Waals surface area contributed by atoms with Gasteiger partial charge in [-0.15, -0.1) is 0 Å². The van der Waals surface area contributed by atoms with E-state index in [9.17, 15) is 0 Å². The molecule has 19 heavy (non-hydrogen) atoms. The van der Waals surface area contributed by atoms with Gasteiger partial charge in [0.2, 0.25) is 0 Å². The average molecular weight is 269 g/mol. The highest BCUT2D eigenvalue weighted by molar-refractivity contribution is 4.78. The number of nitrogens with zero attached hydrogens (tertiary/aromatic N) is 2. The Morgan fingerprint density at radius 2 is 1.68 bits per heavy atom. The SMILES string of the molecule is CC1CC(NCCCN2CCN(C)CC2)CC(C)O1. The third kappa shape index (κ3) is 5.38. The van der Waals surface area contributed by atoms with Crippen molar-refractivity contribution in [1.29, 1.82) is 0 Å². The molecule has 0 saturated carbocycles. The van der Waals surface area contributed by atoms with Gasteiger partial charge in [-0.05, 0) is 53.2 Å². The Kier molecular flexibility index (Phi) is 6.07. The van der Waals surface area contributed by atoms with Crippen molar-refractivity contribution in [2.45, 2.75) is 51.4 Å². The van der Waals surface area contributed by atoms with Gasteiger partial charge in [-0.1, -0.05) is 0 Å². The number of nitrogens with one attached hydrogen (secondary N) is 1. The van der Waals surface area contributed by atoms with Crippen LogP contribution in [-0.2, 0) is 4.74 Å². The van der Waals surface area contributed by atoms with Crippen LogP contribution < -0.4 is 5.32 Å². The molecule has 0 aliphatic carbocycles. The largest absolute Gasteiger partial charge is 0.375 e. The van der Waals surface area contributed by atoms with Gasteiger partial charge in [0.05, 0.1) is 12.2 Å². The maximum Gasteiger partial charge on any atom is 0.0565 e. The molecule has 0 aromatic rings. The molecular formula is C15H31N3O. The second kappa shape index (κ2) is 7.58. The van der Waals surface area contributed by atoms with Gasteiger partial charge in [0.15, 0.2) is 0 Å². The minimum atomic E-state index is 0.416. The summed E-state index contributed by atoms with van der Waals surface area (Å²) in [5, 5.41) is 3.71. The number of hydrogen-bond donors (Lipinski definition) is 1. The summed E-state index contributed by atoms with van der Waals surface area (Å²) >= 11 is 0. The van der Waals surface area contributed by atoms with Gasteiger partial charge in [-0.3, -0.25) is 0 Å². The Balaban J connectivity index is 1.54. The molecule has 2 atom stereocenters. The maximum absolute atomic E-state index is 5.78. The van der Waals surface area contributed by atoms with Crippen LogP contribution in [0.5, 0.6) is 0 Å². The Labute approximate surface area is 118 Å². The molecule has 0 spiro atoms. The van der Waals surface area contributed by atoms with Crippen LogP contribution in [0, 0.1) is 0 Å². The van der Waals surface area contributed by atoms with Crippen molar-refractivity contribution < 1.29 is 4.74 Å². The molecule has 0 aromatic heterocycles. The van der Waals surface area contributed by atoms with Crippen LogP contribution in [0.1, 0.15) is 33.1 Å². The Bertz CT molecular complexity index is 244. The van der Waals surface area contributed by atoms with Gasteiger partial charge in [0, 0.05) is 32.2 Å². The summed E-state index contributed by atoms with van der Waals surface area (Å²) in [7, 11) is 2.21. The highest BCUT2D eigenvalue weighted by Gasteiger charge is 2.23. The first-order valence-electron chi connectivity index (χ1n) is 7.93. The van der Waals surface area contributed by atoms with Crippen molar-refractivity contribution >= 4 is 0 Å². The summed E-state index contributed by atoms with van der Waals surface area (Å²) in [5.41, 5.74) is 0. The van der Waals surface area contributed by atoms with Gasteiger partial charge in [0.25, 0.3) is 0 Å². The third-order valence-electron chi connectivity index (χ3n) is 4.38. The molecule has 2 unspecified atom stereocenters. The maximum atomic E-state index is 5.78. The molecule has 2 fully saturated rings. The van der Waals surface area contributed by atoms with Gasteiger partial charge in [0.1, 0.15) is 0 Å². The minimum absolute atomic E-state index is 0.416. The monoisotopic (exact) mass is 269 g/mol. The zero-order valence-corrected chi connectivity index (χ0v) is 12.9. The van der Waals surface area contributed by atoms with Gasteiger partial charge in [-0.25, -0.2) is 0 Å². The van der Waals surface area contributed by atoms with Crippen LogP contribution in [0.25, 0.3) is 0 Å². The third-order valence-corrected chi connectivity index (χ3v) is 4.38. The van der Waals surface area contributed by atoms with E-state index in [0.717, 1.165) is 6.54 Å². The van der Waals surface area contributed by atoms with Crippen molar-refractivity contribution in [3.63, 3.8) is 0 Å². The number of hydrogen-bond acceptors (Lipinski definition) is 4. The van der Waals surface area contributed by atoms with Gasteiger partial charge in [-0.2, -0.15) is 0 Å². The van der Waals surface area contributed by atoms with Crippen molar-refractivity contribution in [2.75, 3.05) is 46.3 Å². The van der Waals surface area contributed by atoms with E-state index in [-0.39, 0.29) is 0 Å². The fourth-order valence-electron chi connectivity index (χ4n) is 3.25. The highest BCUT2D eigenvalue weighted by atomic mass is 16.5. The summed E-state index contributed by atoms with van der Waals surface area (Å²) < 4.78 is 5.78. The van der Waals surface area contributed by atoms with E-state index >= 15 is 0 Å². The molecule has 2 aliphatic rings. The van der Waals surface area contributed by atoms with E-state index < -0.39 is 0 Å². The molecular weight excluding hydrogens is 238 g/mol. The van der Waals surface area contributed by atoms with E-state index in [1.54, 1.807) is 0 Å². The van der Waals surface area contributed by atoms with Crippen LogP contribution in [0.15, 0.2) is 0 Å². The standard InChI is InChI=1S/C15H31N3O/c1-13-11-15(12-14(2)19-13)16-5-4-6-18-9-7-17(3)8-10-18/h13-16H,4-12H2,1-3H3. The van der Waals surface area contributed by atoms with Crippen LogP contribution in [0.2, 0.25) is 0 Å². The van der Waals surface area contributed by atoms with E-state index in [1.807, 2.05) is 0 Å². The lowest BCUT2D eigenvalue weighted by Crippen LogP contribution is -2.45. The van der Waals surface area contributed by atoms with Crippen LogP contribution >= 0.6 is 0 Å². The lowest BCUT2D eigenvalue weighted by atomic mass is 10.00. The summed E-state index contributed by atoms with van der Waals surface area (Å²) in [6, 6.07) is 0.659. The van der Waals surface area contributed by atoms with Crippen LogP contribution in [0.3, 0.4) is 0 Å². The predicted molar refractivity (Wildman–Crippen MR) is 79.6 cm³/mol. The Morgan fingerprint density at radius 1 is 1.05 bits per heavy atom. The molecule has 0 radical (unpaired) electrons. The van der Waals surface area contributed by atoms with Crippen molar-refractivity contribution in [2.24, 2.45) is 0 Å². The van der Waals surface area contributed by atoms with Gasteiger partial charge >= 0.3 is 0 Å². The minimum Gasteiger partial charge on any atom is -0.375 e. The number of ether oxygens (including phenoxy) is 1. The van der Waals surface area contributed by atoms with E-state index in [0.29, 0.717) is 18.2 Å². The van der Waals surface area contributed by atoms with Crippen LogP contribution in [0.4, 0.5) is 0 Å². The fraction of sp³-hybridized carbons (Fsp3) is 1.00. The Hall–Kier alpha value is -0.160. The van der Waals surface area contributed by atoms with E-state index in [2.05, 4.69) is 36.0 Å². The normalized spacial score (nSPS) is 34.6. The topological polar surface area (TPSA) is 27.7 Å². The number of rotatable bonds is 5. The van der Waals surface area contributed by atoms with E-state index in [4.69, 9.17) is 4.74 Å². The zero-order chi connectivity index (χ0) is 13.7. The summed E-state index contributed by atoms with van der Waals surface area (Å²) in [4.78, 5) is 5.01. The molecule has 112 valence electrons. The van der Waals surface area contributed by atoms with Crippen molar-refractivity contribution in [3.05, 3.63) is 0 Å². The van der Waals surface area contributed by atoms with Crippen molar-refractivity contribution in [1.82, 2.24) is 15.1 Å². The molecule has 2 rings (SSSR count).